The minimum absolute atomic E-state index is 0.176. The molecule has 13 heavy (non-hydrogen) atoms. The molecule has 0 fully saturated rings. The highest BCUT2D eigenvalue weighted by Crippen LogP contribution is 2.17. The summed E-state index contributed by atoms with van der Waals surface area (Å²) in [4.78, 5) is 0. The zero-order valence-electron chi connectivity index (χ0n) is 7.40. The zero-order chi connectivity index (χ0) is 9.68. The molecule has 0 aliphatic heterocycles. The van der Waals surface area contributed by atoms with Gasteiger partial charge >= 0.3 is 0 Å². The normalized spacial score (nSPS) is 10.3. The summed E-state index contributed by atoms with van der Waals surface area (Å²) in [6, 6.07) is 7.43. The summed E-state index contributed by atoms with van der Waals surface area (Å²) in [5.41, 5.74) is 0.934. The summed E-state index contributed by atoms with van der Waals surface area (Å²) in [6.45, 7) is 0. The van der Waals surface area contributed by atoms with E-state index in [0.29, 0.717) is 6.42 Å². The Balaban J connectivity index is 2.75. The lowest BCUT2D eigenvalue weighted by Gasteiger charge is -2.05. The predicted molar refractivity (Wildman–Crippen MR) is 51.9 cm³/mol. The van der Waals surface area contributed by atoms with Crippen LogP contribution in [0.3, 0.4) is 0 Å². The molecular weight excluding hydrogens is 188 g/mol. The largest absolute Gasteiger partial charge is 0.496 e. The molecular formula is C9H12O3S. The molecule has 0 aromatic heterocycles. The van der Waals surface area contributed by atoms with Crippen LogP contribution >= 0.6 is 0 Å². The van der Waals surface area contributed by atoms with E-state index in [4.69, 9.17) is 4.74 Å². The van der Waals surface area contributed by atoms with Gasteiger partial charge in [-0.05, 0) is 18.1 Å². The second-order valence-electron chi connectivity index (χ2n) is 2.62. The molecule has 0 amide bonds. The van der Waals surface area contributed by atoms with Crippen LogP contribution < -0.4 is 4.74 Å². The van der Waals surface area contributed by atoms with E-state index in [1.54, 1.807) is 7.11 Å². The Labute approximate surface area is 79.3 Å². The molecule has 1 aromatic rings. The lowest BCUT2D eigenvalue weighted by molar-refractivity contribution is 0.410. The van der Waals surface area contributed by atoms with Gasteiger partial charge in [-0.1, -0.05) is 18.2 Å². The second-order valence-corrected chi connectivity index (χ2v) is 3.73. The second kappa shape index (κ2) is 4.87. The lowest BCUT2D eigenvalue weighted by Crippen LogP contribution is -1.96. The quantitative estimate of drug-likeness (QED) is 0.733. The first-order valence-corrected chi connectivity index (χ1v) is 5.34. The number of benzene rings is 1. The van der Waals surface area contributed by atoms with Gasteiger partial charge in [-0.2, -0.15) is 0 Å². The molecule has 4 heteroatoms. The van der Waals surface area contributed by atoms with Crippen LogP contribution in [0, 0.1) is 0 Å². The molecule has 0 unspecified atom stereocenters. The van der Waals surface area contributed by atoms with Gasteiger partial charge in [-0.15, -0.1) is 0 Å². The van der Waals surface area contributed by atoms with E-state index in [0.717, 1.165) is 11.3 Å². The highest BCUT2D eigenvalue weighted by Gasteiger charge is 2.00. The van der Waals surface area contributed by atoms with Crippen molar-refractivity contribution in [3.63, 3.8) is 0 Å². The molecule has 0 saturated heterocycles. The van der Waals surface area contributed by atoms with Gasteiger partial charge in [-0.3, -0.25) is 0 Å². The van der Waals surface area contributed by atoms with Crippen LogP contribution in [-0.2, 0) is 17.1 Å². The molecule has 1 aromatic carbocycles. The average molecular weight is 200 g/mol. The van der Waals surface area contributed by atoms with Crippen molar-refractivity contribution in [3.05, 3.63) is 29.8 Å². The van der Waals surface area contributed by atoms with Crippen molar-refractivity contribution in [2.75, 3.05) is 12.9 Å². The Morgan fingerprint density at radius 1 is 1.31 bits per heavy atom. The Morgan fingerprint density at radius 2 is 2.00 bits per heavy atom. The first kappa shape index (κ1) is 10.1. The van der Waals surface area contributed by atoms with Crippen LogP contribution in [0.2, 0.25) is 0 Å². The summed E-state index contributed by atoms with van der Waals surface area (Å²) in [6.07, 6.45) is 0.517. The molecule has 0 atom stereocenters. The molecule has 3 nitrogen and oxygen atoms in total. The fourth-order valence-electron chi connectivity index (χ4n) is 1.12. The molecule has 0 N–H and O–H groups in total. The van der Waals surface area contributed by atoms with Crippen molar-refractivity contribution in [3.8, 4) is 5.75 Å². The van der Waals surface area contributed by atoms with E-state index in [1.165, 1.54) is 0 Å². The van der Waals surface area contributed by atoms with Crippen LogP contribution in [-0.4, -0.2) is 21.3 Å². The van der Waals surface area contributed by atoms with E-state index in [9.17, 15) is 8.42 Å². The minimum Gasteiger partial charge on any atom is -0.496 e. The summed E-state index contributed by atoms with van der Waals surface area (Å²) >= 11 is 0. The summed E-state index contributed by atoms with van der Waals surface area (Å²) in [5, 5.41) is 0. The number of hydrogen-bond donors (Lipinski definition) is 1. The van der Waals surface area contributed by atoms with E-state index < -0.39 is 10.7 Å². The topological polar surface area (TPSA) is 43.4 Å². The summed E-state index contributed by atoms with van der Waals surface area (Å²) in [5.74, 6) is 0.926. The van der Waals surface area contributed by atoms with Crippen LogP contribution in [0.1, 0.15) is 5.56 Å². The van der Waals surface area contributed by atoms with E-state index in [-0.39, 0.29) is 5.75 Å². The molecule has 0 radical (unpaired) electrons. The smallest absolute Gasteiger partial charge is 0.140 e. The van der Waals surface area contributed by atoms with Crippen molar-refractivity contribution in [1.82, 2.24) is 0 Å². The van der Waals surface area contributed by atoms with Crippen molar-refractivity contribution in [2.45, 2.75) is 6.42 Å². The molecule has 0 aliphatic carbocycles. The van der Waals surface area contributed by atoms with Gasteiger partial charge in [0.05, 0.1) is 12.9 Å². The van der Waals surface area contributed by atoms with Gasteiger partial charge < -0.3 is 4.74 Å². The maximum absolute atomic E-state index is 10.4. The first-order chi connectivity index (χ1) is 6.24. The third kappa shape index (κ3) is 3.06. The van der Waals surface area contributed by atoms with Crippen LogP contribution in [0.25, 0.3) is 0 Å². The van der Waals surface area contributed by atoms with Crippen LogP contribution in [0.5, 0.6) is 5.75 Å². The Kier molecular flexibility index (Phi) is 3.76. The third-order valence-corrected chi connectivity index (χ3v) is 2.34. The summed E-state index contributed by atoms with van der Waals surface area (Å²) in [7, 11) is -0.718. The van der Waals surface area contributed by atoms with Crippen LogP contribution in [0.4, 0.5) is 0 Å². The predicted octanol–water partition coefficient (Wildman–Crippen LogP) is 0.849. The Hall–Kier alpha value is -1.03. The number of ether oxygens (including phenoxy) is 1. The Morgan fingerprint density at radius 3 is 2.62 bits per heavy atom. The molecule has 0 bridgehead atoms. The van der Waals surface area contributed by atoms with Gasteiger partial charge in [0.2, 0.25) is 0 Å². The van der Waals surface area contributed by atoms with Gasteiger partial charge in [0.15, 0.2) is 0 Å². The molecule has 72 valence electrons. The number of aryl methyl sites for hydroxylation is 1. The monoisotopic (exact) mass is 200 g/mol. The van der Waals surface area contributed by atoms with E-state index >= 15 is 0 Å². The highest BCUT2D eigenvalue weighted by molar-refractivity contribution is 7.72. The maximum Gasteiger partial charge on any atom is 0.140 e. The first-order valence-electron chi connectivity index (χ1n) is 3.97. The SMILES string of the molecule is COc1ccccc1CC[SH](=O)=O. The van der Waals surface area contributed by atoms with Gasteiger partial charge in [0, 0.05) is 0 Å². The van der Waals surface area contributed by atoms with Crippen LogP contribution in [0.15, 0.2) is 24.3 Å². The molecule has 0 spiro atoms. The number of hydrogen-bond acceptors (Lipinski definition) is 3. The minimum atomic E-state index is -2.30. The van der Waals surface area contributed by atoms with Gasteiger partial charge in [-0.25, -0.2) is 8.42 Å². The zero-order valence-corrected chi connectivity index (χ0v) is 8.29. The molecule has 0 heterocycles. The fraction of sp³-hybridized carbons (Fsp3) is 0.333. The number of thiol groups is 1. The standard InChI is InChI=1S/C9H12O3S/c1-12-9-5-3-2-4-8(9)6-7-13(10)11/h2-5,13H,6-7H2,1H3. The third-order valence-electron chi connectivity index (χ3n) is 1.76. The fourth-order valence-corrected chi connectivity index (χ4v) is 1.54. The Bertz CT molecular complexity index is 336. The van der Waals surface area contributed by atoms with Crippen molar-refractivity contribution < 1.29 is 13.2 Å². The van der Waals surface area contributed by atoms with Crippen molar-refractivity contribution in [2.24, 2.45) is 0 Å². The molecule has 0 aliphatic rings. The van der Waals surface area contributed by atoms with Crippen molar-refractivity contribution in [1.29, 1.82) is 0 Å². The molecule has 0 saturated carbocycles. The number of rotatable bonds is 4. The lowest BCUT2D eigenvalue weighted by atomic mass is 10.1. The van der Waals surface area contributed by atoms with Crippen molar-refractivity contribution >= 4 is 10.7 Å². The number of methoxy groups -OCH3 is 1. The van der Waals surface area contributed by atoms with Gasteiger partial charge in [0.1, 0.15) is 16.5 Å². The maximum atomic E-state index is 10.4. The van der Waals surface area contributed by atoms with Gasteiger partial charge in [0.25, 0.3) is 0 Å². The molecule has 1 rings (SSSR count). The highest BCUT2D eigenvalue weighted by atomic mass is 32.2. The van der Waals surface area contributed by atoms with E-state index in [2.05, 4.69) is 0 Å². The number of para-hydroxylation sites is 1. The average Bonchev–Trinajstić information content (AvgIpc) is 2.15. The summed E-state index contributed by atoms with van der Waals surface area (Å²) < 4.78 is 25.8. The van der Waals surface area contributed by atoms with E-state index in [1.807, 2.05) is 24.3 Å².